The molecule has 0 aromatic rings. The molecule has 116 valence electrons. The molecule has 20 heavy (non-hydrogen) atoms. The second-order valence-corrected chi connectivity index (χ2v) is 7.72. The van der Waals surface area contributed by atoms with Gasteiger partial charge in [0.2, 0.25) is 0 Å². The first kappa shape index (κ1) is 14.8. The summed E-state index contributed by atoms with van der Waals surface area (Å²) in [5.74, 6) is 0.657. The van der Waals surface area contributed by atoms with Crippen LogP contribution in [0.5, 0.6) is 0 Å². The monoisotopic (exact) mass is 280 g/mol. The molecule has 2 N–H and O–H groups in total. The summed E-state index contributed by atoms with van der Waals surface area (Å²) < 4.78 is 6.09. The quantitative estimate of drug-likeness (QED) is 0.864. The highest BCUT2D eigenvalue weighted by atomic mass is 16.5. The van der Waals surface area contributed by atoms with E-state index in [1.165, 1.54) is 64.2 Å². The van der Waals surface area contributed by atoms with Crippen molar-refractivity contribution in [2.45, 2.75) is 81.4 Å². The summed E-state index contributed by atoms with van der Waals surface area (Å²) in [7, 11) is 4.48. The van der Waals surface area contributed by atoms with Crippen molar-refractivity contribution in [3.8, 4) is 0 Å². The van der Waals surface area contributed by atoms with Crippen LogP contribution in [0.4, 0.5) is 0 Å². The fraction of sp³-hybridized carbons (Fsp3) is 1.00. The van der Waals surface area contributed by atoms with E-state index in [-0.39, 0.29) is 11.1 Å². The van der Waals surface area contributed by atoms with E-state index in [1.807, 2.05) is 0 Å². The Morgan fingerprint density at radius 2 is 1.75 bits per heavy atom. The van der Waals surface area contributed by atoms with Gasteiger partial charge in [0.15, 0.2) is 0 Å². The smallest absolute Gasteiger partial charge is 0.0685 e. The zero-order chi connectivity index (χ0) is 14.2. The second-order valence-electron chi connectivity index (χ2n) is 7.72. The minimum Gasteiger partial charge on any atom is -0.375 e. The number of hydrogen-bond acceptors (Lipinski definition) is 3. The van der Waals surface area contributed by atoms with E-state index in [2.05, 4.69) is 19.0 Å². The van der Waals surface area contributed by atoms with Crippen LogP contribution in [0.15, 0.2) is 0 Å². The summed E-state index contributed by atoms with van der Waals surface area (Å²) in [6.45, 7) is 0.932. The van der Waals surface area contributed by atoms with E-state index in [9.17, 15) is 0 Å². The van der Waals surface area contributed by atoms with Crippen LogP contribution in [-0.2, 0) is 4.74 Å². The molecule has 1 saturated heterocycles. The van der Waals surface area contributed by atoms with Crippen molar-refractivity contribution >= 4 is 0 Å². The Balaban J connectivity index is 1.73. The molecule has 1 heterocycles. The Kier molecular flexibility index (Phi) is 4.13. The molecule has 3 rings (SSSR count). The number of nitrogens with zero attached hydrogens (tertiary/aromatic N) is 1. The molecular formula is C17H32N2O. The molecular weight excluding hydrogens is 248 g/mol. The third-order valence-corrected chi connectivity index (χ3v) is 6.53. The lowest BCUT2D eigenvalue weighted by Gasteiger charge is -2.54. The van der Waals surface area contributed by atoms with Crippen molar-refractivity contribution in [2.24, 2.45) is 11.7 Å². The number of rotatable bonds is 3. The summed E-state index contributed by atoms with van der Waals surface area (Å²) in [6.07, 6.45) is 12.9. The molecule has 2 atom stereocenters. The zero-order valence-corrected chi connectivity index (χ0v) is 13.4. The van der Waals surface area contributed by atoms with Crippen LogP contribution in [-0.4, -0.2) is 42.8 Å². The van der Waals surface area contributed by atoms with Crippen molar-refractivity contribution < 1.29 is 4.74 Å². The van der Waals surface area contributed by atoms with Crippen LogP contribution < -0.4 is 5.73 Å². The van der Waals surface area contributed by atoms with E-state index in [0.29, 0.717) is 12.0 Å². The third kappa shape index (κ3) is 2.42. The molecule has 0 aromatic heterocycles. The molecule has 1 spiro atoms. The number of likely N-dealkylation sites (N-methyl/N-ethyl adjacent to an activating group) is 1. The van der Waals surface area contributed by atoms with Crippen molar-refractivity contribution in [3.63, 3.8) is 0 Å². The minimum absolute atomic E-state index is 0.225. The maximum absolute atomic E-state index is 6.86. The highest BCUT2D eigenvalue weighted by molar-refractivity contribution is 5.05. The van der Waals surface area contributed by atoms with Gasteiger partial charge in [-0.3, -0.25) is 0 Å². The average Bonchev–Trinajstić information content (AvgIpc) is 2.45. The zero-order valence-electron chi connectivity index (χ0n) is 13.4. The largest absolute Gasteiger partial charge is 0.375 e. The number of hydrogen-bond donors (Lipinski definition) is 1. The van der Waals surface area contributed by atoms with E-state index >= 15 is 0 Å². The van der Waals surface area contributed by atoms with Crippen molar-refractivity contribution in [1.82, 2.24) is 4.90 Å². The molecule has 2 aliphatic carbocycles. The number of ether oxygens (including phenoxy) is 1. The Morgan fingerprint density at radius 1 is 1.05 bits per heavy atom. The summed E-state index contributed by atoms with van der Waals surface area (Å²) in [6, 6.07) is 0.319. The standard InChI is InChI=1S/C17H32N2O/c1-19(2)17(10-4-3-5-11-17)15(18)14-7-12-20-16(13-14)8-6-9-16/h14-15H,3-13,18H2,1-2H3. The predicted molar refractivity (Wildman–Crippen MR) is 82.7 cm³/mol. The first-order chi connectivity index (χ1) is 9.58. The average molecular weight is 280 g/mol. The van der Waals surface area contributed by atoms with Gasteiger partial charge in [-0.1, -0.05) is 19.3 Å². The normalized spacial score (nSPS) is 33.9. The highest BCUT2D eigenvalue weighted by Crippen LogP contribution is 2.47. The van der Waals surface area contributed by atoms with Gasteiger partial charge in [0.25, 0.3) is 0 Å². The second kappa shape index (κ2) is 5.58. The molecule has 3 fully saturated rings. The summed E-state index contributed by atoms with van der Waals surface area (Å²) in [5, 5.41) is 0. The first-order valence-corrected chi connectivity index (χ1v) is 8.65. The summed E-state index contributed by atoms with van der Waals surface area (Å²) >= 11 is 0. The molecule has 2 unspecified atom stereocenters. The van der Waals surface area contributed by atoms with Gasteiger partial charge in [0.1, 0.15) is 0 Å². The molecule has 3 nitrogen and oxygen atoms in total. The lowest BCUT2D eigenvalue weighted by atomic mass is 9.65. The van der Waals surface area contributed by atoms with E-state index in [0.717, 1.165) is 6.61 Å². The van der Waals surface area contributed by atoms with Crippen LogP contribution >= 0.6 is 0 Å². The molecule has 0 bridgehead atoms. The van der Waals surface area contributed by atoms with E-state index in [1.54, 1.807) is 0 Å². The maximum Gasteiger partial charge on any atom is 0.0685 e. The molecule has 0 radical (unpaired) electrons. The maximum atomic E-state index is 6.86. The first-order valence-electron chi connectivity index (χ1n) is 8.65. The van der Waals surface area contributed by atoms with Gasteiger partial charge in [0, 0.05) is 18.2 Å². The Labute approximate surface area is 124 Å². The lowest BCUT2D eigenvalue weighted by Crippen LogP contribution is -2.63. The third-order valence-electron chi connectivity index (χ3n) is 6.53. The van der Waals surface area contributed by atoms with Crippen molar-refractivity contribution in [2.75, 3.05) is 20.7 Å². The minimum atomic E-state index is 0.225. The Bertz CT molecular complexity index is 332. The van der Waals surface area contributed by atoms with E-state index < -0.39 is 0 Å². The fourth-order valence-corrected chi connectivity index (χ4v) is 4.97. The number of nitrogens with two attached hydrogens (primary N) is 1. The molecule has 2 saturated carbocycles. The van der Waals surface area contributed by atoms with Crippen LogP contribution in [0.3, 0.4) is 0 Å². The van der Waals surface area contributed by atoms with Gasteiger partial charge in [0.05, 0.1) is 5.60 Å². The topological polar surface area (TPSA) is 38.5 Å². The van der Waals surface area contributed by atoms with Gasteiger partial charge >= 0.3 is 0 Å². The van der Waals surface area contributed by atoms with Crippen LogP contribution in [0.25, 0.3) is 0 Å². The lowest BCUT2D eigenvalue weighted by molar-refractivity contribution is -0.152. The van der Waals surface area contributed by atoms with Crippen molar-refractivity contribution in [1.29, 1.82) is 0 Å². The Hall–Kier alpha value is -0.120. The molecule has 0 aromatic carbocycles. The molecule has 3 heteroatoms. The van der Waals surface area contributed by atoms with Crippen molar-refractivity contribution in [3.05, 3.63) is 0 Å². The van der Waals surface area contributed by atoms with Gasteiger partial charge in [-0.2, -0.15) is 0 Å². The fourth-order valence-electron chi connectivity index (χ4n) is 4.97. The van der Waals surface area contributed by atoms with Crippen LogP contribution in [0.1, 0.15) is 64.2 Å². The molecule has 1 aliphatic heterocycles. The summed E-state index contributed by atoms with van der Waals surface area (Å²) in [5.41, 5.74) is 7.33. The van der Waals surface area contributed by atoms with E-state index in [4.69, 9.17) is 10.5 Å². The SMILES string of the molecule is CN(C)C1(C(N)C2CCOC3(CCC3)C2)CCCCC1. The highest BCUT2D eigenvalue weighted by Gasteiger charge is 2.49. The summed E-state index contributed by atoms with van der Waals surface area (Å²) in [4.78, 5) is 2.44. The van der Waals surface area contributed by atoms with Crippen LogP contribution in [0.2, 0.25) is 0 Å². The van der Waals surface area contributed by atoms with Crippen LogP contribution in [0, 0.1) is 5.92 Å². The molecule has 3 aliphatic rings. The van der Waals surface area contributed by atoms with Gasteiger partial charge in [-0.25, -0.2) is 0 Å². The molecule has 0 amide bonds. The van der Waals surface area contributed by atoms with Gasteiger partial charge in [-0.05, 0) is 65.0 Å². The predicted octanol–water partition coefficient (Wildman–Crippen LogP) is 2.93. The van der Waals surface area contributed by atoms with Gasteiger partial charge < -0.3 is 15.4 Å². The van der Waals surface area contributed by atoms with Gasteiger partial charge in [-0.15, -0.1) is 0 Å². The Morgan fingerprint density at radius 3 is 2.30 bits per heavy atom.